The van der Waals surface area contributed by atoms with Crippen LogP contribution in [0.3, 0.4) is 0 Å². The molecular weight excluding hydrogens is 389 g/mol. The summed E-state index contributed by atoms with van der Waals surface area (Å²) in [6, 6.07) is 11.9. The van der Waals surface area contributed by atoms with Crippen LogP contribution in [0.2, 0.25) is 5.02 Å². The summed E-state index contributed by atoms with van der Waals surface area (Å²) in [4.78, 5) is 35.6. The number of rotatable bonds is 7. The van der Waals surface area contributed by atoms with E-state index in [1.165, 1.54) is 13.0 Å². The van der Waals surface area contributed by atoms with Crippen molar-refractivity contribution < 1.29 is 23.5 Å². The van der Waals surface area contributed by atoms with Crippen molar-refractivity contribution >= 4 is 40.9 Å². The van der Waals surface area contributed by atoms with Crippen LogP contribution >= 0.6 is 11.6 Å². The molecule has 0 unspecified atom stereocenters. The monoisotopic (exact) mass is 407 g/mol. The first-order valence-corrected chi connectivity index (χ1v) is 8.78. The molecule has 148 valence electrons. The normalized spacial score (nSPS) is 11.2. The Morgan fingerprint density at radius 3 is 2.50 bits per heavy atom. The third-order valence-electron chi connectivity index (χ3n) is 3.51. The zero-order valence-electron chi connectivity index (χ0n) is 15.0. The Kier molecular flexibility index (Phi) is 7.76. The molecule has 2 rings (SSSR count). The highest BCUT2D eigenvalue weighted by Gasteiger charge is 2.19. The number of ether oxygens (including phenoxy) is 1. The quantitative estimate of drug-likeness (QED) is 0.611. The van der Waals surface area contributed by atoms with E-state index in [1.54, 1.807) is 24.3 Å². The molecule has 0 fully saturated rings. The van der Waals surface area contributed by atoms with Gasteiger partial charge in [-0.3, -0.25) is 9.59 Å². The fraction of sp³-hybridized carbons (Fsp3) is 0.211. The average molecular weight is 408 g/mol. The number of benzene rings is 2. The molecule has 28 heavy (non-hydrogen) atoms. The van der Waals surface area contributed by atoms with Crippen LogP contribution < -0.4 is 16.0 Å². The van der Waals surface area contributed by atoms with Crippen molar-refractivity contribution in [3.8, 4) is 0 Å². The molecule has 1 atom stereocenters. The van der Waals surface area contributed by atoms with Gasteiger partial charge in [-0.15, -0.1) is 0 Å². The number of anilines is 2. The van der Waals surface area contributed by atoms with Crippen LogP contribution in [0.4, 0.5) is 20.6 Å². The fourth-order valence-electron chi connectivity index (χ4n) is 2.11. The van der Waals surface area contributed by atoms with Gasteiger partial charge in [-0.25, -0.2) is 9.18 Å². The average Bonchev–Trinajstić information content (AvgIpc) is 2.64. The van der Waals surface area contributed by atoms with Gasteiger partial charge in [-0.2, -0.15) is 0 Å². The lowest BCUT2D eigenvalue weighted by atomic mass is 10.3. The first kappa shape index (κ1) is 21.2. The number of urea groups is 1. The number of hydrogen-bond acceptors (Lipinski definition) is 4. The van der Waals surface area contributed by atoms with Crippen molar-refractivity contribution in [1.82, 2.24) is 5.32 Å². The van der Waals surface area contributed by atoms with Crippen molar-refractivity contribution in [3.05, 3.63) is 59.4 Å². The van der Waals surface area contributed by atoms with Crippen molar-refractivity contribution in [2.75, 3.05) is 17.2 Å². The third kappa shape index (κ3) is 6.88. The molecule has 0 bridgehead atoms. The summed E-state index contributed by atoms with van der Waals surface area (Å²) < 4.78 is 18.0. The summed E-state index contributed by atoms with van der Waals surface area (Å²) in [6.07, 6.45) is -1.20. The largest absolute Gasteiger partial charge is 0.452 e. The Bertz CT molecular complexity index is 848. The van der Waals surface area contributed by atoms with Gasteiger partial charge in [0, 0.05) is 12.2 Å². The standard InChI is InChI=1S/C19H19ClFN3O4/c1-12(18(26)24-16-8-7-13(21)11-15(16)20)28-17(25)9-10-22-19(27)23-14-5-3-2-4-6-14/h2-8,11-12H,9-10H2,1H3,(H,24,26)(H2,22,23,27)/t12-/m1/s1. The van der Waals surface area contributed by atoms with Crippen LogP contribution in [0.1, 0.15) is 13.3 Å². The van der Waals surface area contributed by atoms with Crippen LogP contribution in [-0.2, 0) is 14.3 Å². The van der Waals surface area contributed by atoms with E-state index in [0.717, 1.165) is 12.1 Å². The molecule has 0 saturated heterocycles. The summed E-state index contributed by atoms with van der Waals surface area (Å²) in [5.74, 6) is -1.81. The highest BCUT2D eigenvalue weighted by molar-refractivity contribution is 6.33. The number of nitrogens with one attached hydrogen (secondary N) is 3. The van der Waals surface area contributed by atoms with Gasteiger partial charge in [0.05, 0.1) is 17.1 Å². The number of carbonyl (C=O) groups excluding carboxylic acids is 3. The molecule has 0 heterocycles. The Hall–Kier alpha value is -3.13. The maximum Gasteiger partial charge on any atom is 0.319 e. The topological polar surface area (TPSA) is 96.5 Å². The lowest BCUT2D eigenvalue weighted by Gasteiger charge is -2.14. The smallest absolute Gasteiger partial charge is 0.319 e. The fourth-order valence-corrected chi connectivity index (χ4v) is 2.32. The second-order valence-corrected chi connectivity index (χ2v) is 6.15. The second-order valence-electron chi connectivity index (χ2n) is 5.74. The van der Waals surface area contributed by atoms with E-state index in [9.17, 15) is 18.8 Å². The Balaban J connectivity index is 1.71. The molecular formula is C19H19ClFN3O4. The van der Waals surface area contributed by atoms with Crippen LogP contribution in [0.15, 0.2) is 48.5 Å². The Morgan fingerprint density at radius 1 is 1.11 bits per heavy atom. The zero-order chi connectivity index (χ0) is 20.5. The van der Waals surface area contributed by atoms with E-state index in [1.807, 2.05) is 6.07 Å². The molecule has 3 N–H and O–H groups in total. The Labute approximate surface area is 166 Å². The lowest BCUT2D eigenvalue weighted by Crippen LogP contribution is -2.33. The molecule has 3 amide bonds. The minimum atomic E-state index is -1.09. The van der Waals surface area contributed by atoms with Crippen LogP contribution in [-0.4, -0.2) is 30.6 Å². The van der Waals surface area contributed by atoms with Gasteiger partial charge in [0.1, 0.15) is 5.82 Å². The van der Waals surface area contributed by atoms with Crippen molar-refractivity contribution in [1.29, 1.82) is 0 Å². The van der Waals surface area contributed by atoms with Crippen molar-refractivity contribution in [3.63, 3.8) is 0 Å². The summed E-state index contributed by atoms with van der Waals surface area (Å²) >= 11 is 5.83. The lowest BCUT2D eigenvalue weighted by molar-refractivity contribution is -0.153. The zero-order valence-corrected chi connectivity index (χ0v) is 15.8. The van der Waals surface area contributed by atoms with Crippen LogP contribution in [0, 0.1) is 5.82 Å². The number of para-hydroxylation sites is 1. The molecule has 7 nitrogen and oxygen atoms in total. The van der Waals surface area contributed by atoms with Gasteiger partial charge in [0.25, 0.3) is 5.91 Å². The van der Waals surface area contributed by atoms with Gasteiger partial charge in [-0.1, -0.05) is 29.8 Å². The van der Waals surface area contributed by atoms with Crippen molar-refractivity contribution in [2.45, 2.75) is 19.4 Å². The minimum absolute atomic E-state index is 0.0282. The van der Waals surface area contributed by atoms with Gasteiger partial charge in [-0.05, 0) is 37.3 Å². The molecule has 2 aromatic rings. The number of amides is 3. The van der Waals surface area contributed by atoms with E-state index >= 15 is 0 Å². The molecule has 2 aromatic carbocycles. The highest BCUT2D eigenvalue weighted by Crippen LogP contribution is 2.22. The Morgan fingerprint density at radius 2 is 1.82 bits per heavy atom. The minimum Gasteiger partial charge on any atom is -0.452 e. The van der Waals surface area contributed by atoms with E-state index in [4.69, 9.17) is 16.3 Å². The molecule has 0 aromatic heterocycles. The predicted molar refractivity (Wildman–Crippen MR) is 104 cm³/mol. The third-order valence-corrected chi connectivity index (χ3v) is 3.83. The maximum absolute atomic E-state index is 13.0. The van der Waals surface area contributed by atoms with Crippen LogP contribution in [0.25, 0.3) is 0 Å². The van der Waals surface area contributed by atoms with E-state index in [0.29, 0.717) is 5.69 Å². The van der Waals surface area contributed by atoms with Gasteiger partial charge in [0.15, 0.2) is 6.10 Å². The molecule has 0 radical (unpaired) electrons. The highest BCUT2D eigenvalue weighted by atomic mass is 35.5. The van der Waals surface area contributed by atoms with Gasteiger partial charge >= 0.3 is 12.0 Å². The number of halogens is 2. The number of hydrogen-bond donors (Lipinski definition) is 3. The molecule has 0 aliphatic carbocycles. The summed E-state index contributed by atoms with van der Waals surface area (Å²) in [5, 5.41) is 7.60. The van der Waals surface area contributed by atoms with Gasteiger partial charge < -0.3 is 20.7 Å². The van der Waals surface area contributed by atoms with Crippen LogP contribution in [0.5, 0.6) is 0 Å². The predicted octanol–water partition coefficient (Wildman–Crippen LogP) is 3.56. The number of carbonyl (C=O) groups is 3. The molecule has 0 spiro atoms. The first-order chi connectivity index (χ1) is 13.3. The number of esters is 1. The SMILES string of the molecule is C[C@@H](OC(=O)CCNC(=O)Nc1ccccc1)C(=O)Nc1ccc(F)cc1Cl. The van der Waals surface area contributed by atoms with E-state index in [2.05, 4.69) is 16.0 Å². The summed E-state index contributed by atoms with van der Waals surface area (Å²) in [6.45, 7) is 1.43. The molecule has 0 aliphatic rings. The van der Waals surface area contributed by atoms with Gasteiger partial charge in [0.2, 0.25) is 0 Å². The first-order valence-electron chi connectivity index (χ1n) is 8.40. The van der Waals surface area contributed by atoms with E-state index < -0.39 is 29.8 Å². The second kappa shape index (κ2) is 10.3. The summed E-state index contributed by atoms with van der Waals surface area (Å²) in [5.41, 5.74) is 0.822. The molecule has 0 saturated carbocycles. The van der Waals surface area contributed by atoms with E-state index in [-0.39, 0.29) is 23.7 Å². The summed E-state index contributed by atoms with van der Waals surface area (Å²) in [7, 11) is 0. The molecule has 0 aliphatic heterocycles. The molecule has 9 heteroatoms. The van der Waals surface area contributed by atoms with Crippen molar-refractivity contribution in [2.24, 2.45) is 0 Å². The maximum atomic E-state index is 13.0.